The summed E-state index contributed by atoms with van der Waals surface area (Å²) in [5.74, 6) is -0.0235. The Bertz CT molecular complexity index is 470. The summed E-state index contributed by atoms with van der Waals surface area (Å²) in [6.45, 7) is 5.72. The van der Waals surface area contributed by atoms with Gasteiger partial charge in [0, 0.05) is 0 Å². The fourth-order valence-electron chi connectivity index (χ4n) is 1.47. The van der Waals surface area contributed by atoms with Crippen LogP contribution < -0.4 is 4.74 Å². The molecule has 0 bridgehead atoms. The maximum atomic E-state index is 11.3. The molecule has 2 N–H and O–H groups in total. The van der Waals surface area contributed by atoms with Crippen LogP contribution in [0.4, 0.5) is 0 Å². The zero-order chi connectivity index (χ0) is 14.1. The summed E-state index contributed by atoms with van der Waals surface area (Å²) < 4.78 is 46.0. The molecule has 7 heteroatoms. The van der Waals surface area contributed by atoms with E-state index in [4.69, 9.17) is 4.74 Å². The van der Waals surface area contributed by atoms with Gasteiger partial charge in [-0.25, -0.2) is 8.42 Å². The highest BCUT2D eigenvalue weighted by molar-refractivity contribution is 7.80. The molecule has 0 heterocycles. The minimum Gasteiger partial charge on any atom is -0.494 e. The Morgan fingerprint density at radius 3 is 1.67 bits per heavy atom. The van der Waals surface area contributed by atoms with Gasteiger partial charge in [-0.3, -0.25) is 0 Å². The zero-order valence-electron chi connectivity index (χ0n) is 10.6. The van der Waals surface area contributed by atoms with Crippen molar-refractivity contribution in [3.8, 4) is 5.75 Å². The molecule has 102 valence electrons. The number of benzene rings is 1. The number of methoxy groups -OCH3 is 1. The van der Waals surface area contributed by atoms with Crippen molar-refractivity contribution in [3.63, 3.8) is 0 Å². The highest BCUT2D eigenvalue weighted by atomic mass is 32.2. The minimum absolute atomic E-state index is 0.00215. The summed E-state index contributed by atoms with van der Waals surface area (Å²) in [6.07, 6.45) is 0. The van der Waals surface area contributed by atoms with Crippen molar-refractivity contribution in [3.05, 3.63) is 17.7 Å². The van der Waals surface area contributed by atoms with Crippen molar-refractivity contribution >= 4 is 22.2 Å². The normalized spacial score (nSPS) is 15.2. The van der Waals surface area contributed by atoms with Crippen LogP contribution in [-0.2, 0) is 27.6 Å². The fraction of sp³-hybridized carbons (Fsp3) is 0.455. The standard InChI is InChI=1S/C11H16O5S2/c1-11(2,3)7-5-8(17(12)13)10(16-4)9(6-7)18(14)15/h5-6H,1-4H3,(H,12,13)(H,14,15). The van der Waals surface area contributed by atoms with E-state index in [0.29, 0.717) is 5.56 Å². The first-order valence-corrected chi connectivity index (χ1v) is 7.34. The van der Waals surface area contributed by atoms with Gasteiger partial charge in [0.2, 0.25) is 0 Å². The highest BCUT2D eigenvalue weighted by Crippen LogP contribution is 2.34. The molecule has 0 fully saturated rings. The lowest BCUT2D eigenvalue weighted by Gasteiger charge is -2.21. The third kappa shape index (κ3) is 3.17. The van der Waals surface area contributed by atoms with Gasteiger partial charge in [-0.1, -0.05) is 20.8 Å². The van der Waals surface area contributed by atoms with Crippen LogP contribution >= 0.6 is 0 Å². The molecule has 0 aliphatic carbocycles. The van der Waals surface area contributed by atoms with Crippen molar-refractivity contribution in [2.45, 2.75) is 36.0 Å². The SMILES string of the molecule is COc1c(S(=O)O)cc(C(C)(C)C)cc1S(=O)O. The van der Waals surface area contributed by atoms with E-state index >= 15 is 0 Å². The van der Waals surface area contributed by atoms with Gasteiger partial charge < -0.3 is 13.8 Å². The van der Waals surface area contributed by atoms with Crippen LogP contribution in [0.1, 0.15) is 26.3 Å². The number of hydrogen-bond donors (Lipinski definition) is 2. The molecule has 1 aromatic carbocycles. The lowest BCUT2D eigenvalue weighted by atomic mass is 9.87. The molecular weight excluding hydrogens is 276 g/mol. The van der Waals surface area contributed by atoms with Gasteiger partial charge in [0.05, 0.1) is 7.11 Å². The average Bonchev–Trinajstić information content (AvgIpc) is 2.25. The van der Waals surface area contributed by atoms with Gasteiger partial charge in [0.25, 0.3) is 0 Å². The Morgan fingerprint density at radius 1 is 1.06 bits per heavy atom. The van der Waals surface area contributed by atoms with Crippen LogP contribution in [0.15, 0.2) is 21.9 Å². The van der Waals surface area contributed by atoms with E-state index in [1.54, 1.807) is 0 Å². The van der Waals surface area contributed by atoms with Crippen LogP contribution in [0, 0.1) is 0 Å². The van der Waals surface area contributed by atoms with Crippen molar-refractivity contribution in [1.29, 1.82) is 0 Å². The molecule has 0 radical (unpaired) electrons. The second-order valence-electron chi connectivity index (χ2n) is 4.75. The summed E-state index contributed by atoms with van der Waals surface area (Å²) in [5.41, 5.74) is 0.382. The first-order chi connectivity index (χ1) is 8.18. The summed E-state index contributed by atoms with van der Waals surface area (Å²) in [7, 11) is 1.29. The smallest absolute Gasteiger partial charge is 0.190 e. The Kier molecular flexibility index (Phi) is 4.66. The molecule has 0 amide bonds. The van der Waals surface area contributed by atoms with Crippen molar-refractivity contribution in [1.82, 2.24) is 0 Å². The van der Waals surface area contributed by atoms with E-state index in [2.05, 4.69) is 0 Å². The van der Waals surface area contributed by atoms with E-state index in [1.165, 1.54) is 19.2 Å². The van der Waals surface area contributed by atoms with E-state index in [0.717, 1.165) is 0 Å². The zero-order valence-corrected chi connectivity index (χ0v) is 12.2. The predicted molar refractivity (Wildman–Crippen MR) is 69.8 cm³/mol. The molecule has 2 unspecified atom stereocenters. The number of hydrogen-bond acceptors (Lipinski definition) is 3. The van der Waals surface area contributed by atoms with Crippen molar-refractivity contribution in [2.75, 3.05) is 7.11 Å². The molecule has 1 rings (SSSR count). The topological polar surface area (TPSA) is 83.8 Å². The molecule has 18 heavy (non-hydrogen) atoms. The quantitative estimate of drug-likeness (QED) is 0.834. The van der Waals surface area contributed by atoms with Gasteiger partial charge in [-0.2, -0.15) is 0 Å². The molecule has 0 aromatic heterocycles. The molecule has 1 aromatic rings. The van der Waals surface area contributed by atoms with Crippen LogP contribution in [-0.4, -0.2) is 24.6 Å². The van der Waals surface area contributed by atoms with E-state index in [9.17, 15) is 17.5 Å². The molecule has 0 aliphatic heterocycles. The molecular formula is C11H16O5S2. The maximum Gasteiger partial charge on any atom is 0.190 e. The predicted octanol–water partition coefficient (Wildman–Crippen LogP) is 2.15. The summed E-state index contributed by atoms with van der Waals surface area (Å²) in [6, 6.07) is 3.04. The summed E-state index contributed by atoms with van der Waals surface area (Å²) in [4.78, 5) is 0.00431. The van der Waals surface area contributed by atoms with Gasteiger partial charge in [-0.15, -0.1) is 0 Å². The molecule has 0 aliphatic rings. The monoisotopic (exact) mass is 292 g/mol. The molecule has 2 atom stereocenters. The largest absolute Gasteiger partial charge is 0.494 e. The lowest BCUT2D eigenvalue weighted by Crippen LogP contribution is -2.13. The molecule has 0 spiro atoms. The average molecular weight is 292 g/mol. The van der Waals surface area contributed by atoms with Crippen molar-refractivity contribution < 1.29 is 22.3 Å². The Labute approximate surface area is 111 Å². The second kappa shape index (κ2) is 5.48. The number of ether oxygens (including phenoxy) is 1. The summed E-state index contributed by atoms with van der Waals surface area (Å²) >= 11 is -4.57. The number of rotatable bonds is 3. The van der Waals surface area contributed by atoms with Crippen LogP contribution in [0.3, 0.4) is 0 Å². The fourth-order valence-corrected chi connectivity index (χ4v) is 2.69. The van der Waals surface area contributed by atoms with Crippen LogP contribution in [0.25, 0.3) is 0 Å². The second-order valence-corrected chi connectivity index (χ2v) is 6.63. The van der Waals surface area contributed by atoms with Crippen molar-refractivity contribution in [2.24, 2.45) is 0 Å². The summed E-state index contributed by atoms with van der Waals surface area (Å²) in [5, 5.41) is 0. The first kappa shape index (κ1) is 15.3. The van der Waals surface area contributed by atoms with E-state index in [-0.39, 0.29) is 21.0 Å². The van der Waals surface area contributed by atoms with Crippen LogP contribution in [0.2, 0.25) is 0 Å². The van der Waals surface area contributed by atoms with E-state index in [1.807, 2.05) is 20.8 Å². The maximum absolute atomic E-state index is 11.3. The first-order valence-electron chi connectivity index (χ1n) is 5.12. The van der Waals surface area contributed by atoms with Crippen LogP contribution in [0.5, 0.6) is 5.75 Å². The Hall–Kier alpha value is -0.760. The highest BCUT2D eigenvalue weighted by Gasteiger charge is 2.23. The molecule has 0 saturated carbocycles. The molecule has 5 nitrogen and oxygen atoms in total. The van der Waals surface area contributed by atoms with Gasteiger partial charge in [-0.05, 0) is 23.1 Å². The lowest BCUT2D eigenvalue weighted by molar-refractivity contribution is 0.387. The molecule has 0 saturated heterocycles. The van der Waals surface area contributed by atoms with Gasteiger partial charge in [0.1, 0.15) is 9.79 Å². The minimum atomic E-state index is -2.28. The van der Waals surface area contributed by atoms with E-state index < -0.39 is 22.2 Å². The van der Waals surface area contributed by atoms with Gasteiger partial charge >= 0.3 is 0 Å². The Morgan fingerprint density at radius 2 is 1.44 bits per heavy atom. The van der Waals surface area contributed by atoms with Gasteiger partial charge in [0.15, 0.2) is 27.9 Å². The third-order valence-electron chi connectivity index (χ3n) is 2.47. The third-order valence-corrected chi connectivity index (χ3v) is 3.83. The Balaban J connectivity index is 3.65.